The smallest absolute Gasteiger partial charge is 0.315 e. The van der Waals surface area contributed by atoms with Crippen LogP contribution in [0.1, 0.15) is 49.4 Å². The van der Waals surface area contributed by atoms with E-state index in [0.717, 1.165) is 71.0 Å². The Hall–Kier alpha value is -2.58. The van der Waals surface area contributed by atoms with Gasteiger partial charge in [0, 0.05) is 58.5 Å². The number of nitrogens with zero attached hydrogens (tertiary/aromatic N) is 4. The van der Waals surface area contributed by atoms with Crippen molar-refractivity contribution in [2.75, 3.05) is 32.7 Å². The molecule has 0 aliphatic carbocycles. The number of urea groups is 1. The molecular weight excluding hydrogens is 531 g/mol. The van der Waals surface area contributed by atoms with E-state index >= 15 is 0 Å². The van der Waals surface area contributed by atoms with Crippen molar-refractivity contribution in [1.29, 1.82) is 0 Å². The molecule has 39 heavy (non-hydrogen) atoms. The van der Waals surface area contributed by atoms with E-state index in [1.807, 2.05) is 24.3 Å². The van der Waals surface area contributed by atoms with Gasteiger partial charge >= 0.3 is 6.03 Å². The average molecular weight is 570 g/mol. The van der Waals surface area contributed by atoms with Crippen LogP contribution in [0.2, 0.25) is 10.0 Å². The Labute approximate surface area is 241 Å². The summed E-state index contributed by atoms with van der Waals surface area (Å²) < 4.78 is 2.16. The highest BCUT2D eigenvalue weighted by molar-refractivity contribution is 6.33. The van der Waals surface area contributed by atoms with Crippen LogP contribution in [0.15, 0.2) is 36.4 Å². The number of carbonyl (C=O) groups is 1. The highest BCUT2D eigenvalue weighted by atomic mass is 35.5. The second-order valence-electron chi connectivity index (χ2n) is 10.5. The maximum Gasteiger partial charge on any atom is 0.315 e. The van der Waals surface area contributed by atoms with Gasteiger partial charge in [-0.3, -0.25) is 4.68 Å². The van der Waals surface area contributed by atoms with Crippen LogP contribution in [0.4, 0.5) is 4.79 Å². The topological polar surface area (TPSA) is 79.4 Å². The molecule has 1 saturated heterocycles. The van der Waals surface area contributed by atoms with Crippen LogP contribution in [0.25, 0.3) is 22.4 Å². The number of rotatable bonds is 9. The van der Waals surface area contributed by atoms with Gasteiger partial charge in [0.1, 0.15) is 0 Å². The van der Waals surface area contributed by atoms with Crippen molar-refractivity contribution in [3.05, 3.63) is 63.3 Å². The van der Waals surface area contributed by atoms with Crippen LogP contribution < -0.4 is 11.1 Å². The second-order valence-corrected chi connectivity index (χ2v) is 11.4. The number of aryl methyl sites for hydroxylation is 1. The fraction of sp³-hybridized carbons (Fsp3) is 0.467. The van der Waals surface area contributed by atoms with Gasteiger partial charge < -0.3 is 20.9 Å². The maximum absolute atomic E-state index is 12.1. The van der Waals surface area contributed by atoms with E-state index < -0.39 is 6.03 Å². The fourth-order valence-electron chi connectivity index (χ4n) is 5.75. The van der Waals surface area contributed by atoms with E-state index in [9.17, 15) is 4.79 Å². The summed E-state index contributed by atoms with van der Waals surface area (Å²) in [6.45, 7) is 9.07. The summed E-state index contributed by atoms with van der Waals surface area (Å²) in [7, 11) is 0. The predicted octanol–water partition coefficient (Wildman–Crippen LogP) is 5.95. The molecule has 2 aliphatic rings. The Morgan fingerprint density at radius 2 is 1.77 bits per heavy atom. The molecule has 1 aromatic heterocycles. The first-order chi connectivity index (χ1) is 18.9. The molecule has 5 rings (SSSR count). The molecule has 3 aromatic rings. The molecule has 3 heterocycles. The van der Waals surface area contributed by atoms with Gasteiger partial charge in [0.15, 0.2) is 0 Å². The zero-order chi connectivity index (χ0) is 27.4. The lowest BCUT2D eigenvalue weighted by Crippen LogP contribution is -2.39. The lowest BCUT2D eigenvalue weighted by molar-refractivity contribution is 0.201. The van der Waals surface area contributed by atoms with Gasteiger partial charge in [0.2, 0.25) is 0 Å². The number of likely N-dealkylation sites (tertiary alicyclic amines) is 1. The molecule has 0 atom stereocenters. The molecular formula is C30H38Cl2N6O. The van der Waals surface area contributed by atoms with E-state index in [-0.39, 0.29) is 0 Å². The summed E-state index contributed by atoms with van der Waals surface area (Å²) in [4.78, 5) is 16.3. The van der Waals surface area contributed by atoms with Crippen molar-refractivity contribution in [3.63, 3.8) is 0 Å². The van der Waals surface area contributed by atoms with Crippen molar-refractivity contribution in [2.24, 2.45) is 5.73 Å². The van der Waals surface area contributed by atoms with Gasteiger partial charge in [0.05, 0.1) is 12.2 Å². The molecule has 0 unspecified atom stereocenters. The minimum absolute atomic E-state index is 0.393. The van der Waals surface area contributed by atoms with Gasteiger partial charge in [0.25, 0.3) is 0 Å². The van der Waals surface area contributed by atoms with Crippen molar-refractivity contribution >= 4 is 29.2 Å². The number of nitrogens with one attached hydrogen (secondary N) is 1. The highest BCUT2D eigenvalue weighted by Crippen LogP contribution is 2.37. The first-order valence-corrected chi connectivity index (χ1v) is 14.8. The van der Waals surface area contributed by atoms with E-state index in [1.165, 1.54) is 38.0 Å². The number of nitrogens with two attached hydrogens (primary N) is 1. The molecule has 3 N–H and O–H groups in total. The van der Waals surface area contributed by atoms with Gasteiger partial charge in [-0.15, -0.1) is 0 Å². The molecule has 0 bridgehead atoms. The number of benzene rings is 2. The Morgan fingerprint density at radius 3 is 2.54 bits per heavy atom. The molecule has 7 nitrogen and oxygen atoms in total. The van der Waals surface area contributed by atoms with Gasteiger partial charge in [-0.25, -0.2) is 4.79 Å². The summed E-state index contributed by atoms with van der Waals surface area (Å²) in [6, 6.07) is 11.7. The van der Waals surface area contributed by atoms with E-state index in [2.05, 4.69) is 34.0 Å². The van der Waals surface area contributed by atoms with Gasteiger partial charge in [-0.1, -0.05) is 48.7 Å². The fourth-order valence-corrected chi connectivity index (χ4v) is 6.17. The van der Waals surface area contributed by atoms with Crippen molar-refractivity contribution in [1.82, 2.24) is 24.9 Å². The number of amides is 2. The minimum Gasteiger partial charge on any atom is -0.351 e. The highest BCUT2D eigenvalue weighted by Gasteiger charge is 2.27. The molecule has 208 valence electrons. The zero-order valence-corrected chi connectivity index (χ0v) is 24.2. The summed E-state index contributed by atoms with van der Waals surface area (Å²) in [5, 5.41) is 9.87. The molecule has 2 aliphatic heterocycles. The SMILES string of the molecule is CCNCc1cc(-c2cc(-c3nn(CCCN4CCCCC4)c4c3CN(C(N)=O)CC4)ccc2Cl)ccc1Cl. The largest absolute Gasteiger partial charge is 0.351 e. The summed E-state index contributed by atoms with van der Waals surface area (Å²) >= 11 is 13.2. The molecule has 9 heteroatoms. The number of carbonyl (C=O) groups excluding carboxylic acids is 1. The van der Waals surface area contributed by atoms with E-state index in [0.29, 0.717) is 24.7 Å². The predicted molar refractivity (Wildman–Crippen MR) is 159 cm³/mol. The Balaban J connectivity index is 1.46. The minimum atomic E-state index is -0.393. The Morgan fingerprint density at radius 1 is 1.00 bits per heavy atom. The van der Waals surface area contributed by atoms with Crippen LogP contribution in [0.5, 0.6) is 0 Å². The average Bonchev–Trinajstić information content (AvgIpc) is 3.31. The second kappa shape index (κ2) is 12.7. The normalized spacial score (nSPS) is 15.9. The number of hydrogen-bond acceptors (Lipinski definition) is 4. The number of piperidine rings is 1. The number of halogens is 2. The maximum atomic E-state index is 12.1. The first-order valence-electron chi connectivity index (χ1n) is 14.1. The third-order valence-corrected chi connectivity index (χ3v) is 8.60. The third kappa shape index (κ3) is 6.43. The molecule has 2 aromatic carbocycles. The lowest BCUT2D eigenvalue weighted by atomic mass is 9.96. The quantitative estimate of drug-likeness (QED) is 0.334. The van der Waals surface area contributed by atoms with Crippen molar-refractivity contribution in [2.45, 2.75) is 58.7 Å². The first kappa shape index (κ1) is 28.0. The number of fused-ring (bicyclic) bond motifs is 1. The van der Waals surface area contributed by atoms with Gasteiger partial charge in [-0.2, -0.15) is 5.10 Å². The standard InChI is InChI=1S/C30H38Cl2N6O/c1-2-34-19-23-17-21(7-9-26(23)31)24-18-22(8-10-27(24)32)29-25-20-37(30(33)39)16-11-28(25)38(35-29)15-6-14-36-12-4-3-5-13-36/h7-10,17-18,34H,2-6,11-16,19-20H2,1H3,(H2,33,39). The van der Waals surface area contributed by atoms with Crippen LogP contribution in [-0.2, 0) is 26.1 Å². The van der Waals surface area contributed by atoms with E-state index in [1.54, 1.807) is 4.90 Å². The summed E-state index contributed by atoms with van der Waals surface area (Å²) in [5.41, 5.74) is 12.8. The molecule has 2 amide bonds. The van der Waals surface area contributed by atoms with Crippen LogP contribution in [-0.4, -0.2) is 58.3 Å². The summed E-state index contributed by atoms with van der Waals surface area (Å²) in [6.07, 6.45) is 5.75. The van der Waals surface area contributed by atoms with Crippen LogP contribution in [0.3, 0.4) is 0 Å². The van der Waals surface area contributed by atoms with E-state index in [4.69, 9.17) is 34.0 Å². The molecule has 0 spiro atoms. The van der Waals surface area contributed by atoms with Crippen molar-refractivity contribution < 1.29 is 4.79 Å². The molecule has 0 saturated carbocycles. The van der Waals surface area contributed by atoms with Crippen molar-refractivity contribution in [3.8, 4) is 22.4 Å². The lowest BCUT2D eigenvalue weighted by Gasteiger charge is -2.27. The van der Waals surface area contributed by atoms with Crippen LogP contribution in [0, 0.1) is 0 Å². The Bertz CT molecular complexity index is 1320. The van der Waals surface area contributed by atoms with Gasteiger partial charge in [-0.05, 0) is 80.8 Å². The Kier molecular flexibility index (Phi) is 9.13. The number of hydrogen-bond donors (Lipinski definition) is 2. The van der Waals surface area contributed by atoms with Crippen LogP contribution >= 0.6 is 23.2 Å². The summed E-state index contributed by atoms with van der Waals surface area (Å²) in [5.74, 6) is 0. The molecule has 1 fully saturated rings. The number of primary amides is 1. The number of aromatic nitrogens is 2. The molecule has 0 radical (unpaired) electrons. The zero-order valence-electron chi connectivity index (χ0n) is 22.7. The monoisotopic (exact) mass is 568 g/mol. The third-order valence-electron chi connectivity index (χ3n) is 7.90.